The summed E-state index contributed by atoms with van der Waals surface area (Å²) in [6, 6.07) is 13.7. The molecule has 1 aromatic heterocycles. The first kappa shape index (κ1) is 23.8. The van der Waals surface area contributed by atoms with E-state index in [0.29, 0.717) is 49.2 Å². The van der Waals surface area contributed by atoms with Gasteiger partial charge in [-0.05, 0) is 74.2 Å². The van der Waals surface area contributed by atoms with Crippen molar-refractivity contribution in [3.05, 3.63) is 59.8 Å². The molecule has 0 unspecified atom stereocenters. The molecule has 0 saturated heterocycles. The van der Waals surface area contributed by atoms with Crippen LogP contribution >= 0.6 is 0 Å². The fourth-order valence-corrected chi connectivity index (χ4v) is 4.60. The SMILES string of the molecule is CCN1C(=O)CCN(c2ccc(OC)cc2)c2nc(Nc3ccc(CC(=O)C4CC4)c(C)c3)ncc21. The summed E-state index contributed by atoms with van der Waals surface area (Å²) in [4.78, 5) is 38.3. The van der Waals surface area contributed by atoms with Crippen LogP contribution in [0.4, 0.5) is 28.8 Å². The molecule has 0 atom stereocenters. The molecule has 186 valence electrons. The van der Waals surface area contributed by atoms with Gasteiger partial charge < -0.3 is 19.9 Å². The van der Waals surface area contributed by atoms with Crippen molar-refractivity contribution in [1.82, 2.24) is 9.97 Å². The number of benzene rings is 2. The molecule has 0 bridgehead atoms. The molecule has 0 spiro atoms. The summed E-state index contributed by atoms with van der Waals surface area (Å²) in [7, 11) is 1.64. The predicted octanol–water partition coefficient (Wildman–Crippen LogP) is 4.95. The number of ketones is 1. The number of aromatic nitrogens is 2. The van der Waals surface area contributed by atoms with Crippen LogP contribution in [-0.2, 0) is 16.0 Å². The van der Waals surface area contributed by atoms with Crippen LogP contribution in [0.25, 0.3) is 0 Å². The van der Waals surface area contributed by atoms with Gasteiger partial charge in [-0.2, -0.15) is 4.98 Å². The summed E-state index contributed by atoms with van der Waals surface area (Å²) in [5.41, 5.74) is 4.58. The van der Waals surface area contributed by atoms with Crippen molar-refractivity contribution in [2.45, 2.75) is 39.5 Å². The predicted molar refractivity (Wildman–Crippen MR) is 141 cm³/mol. The zero-order valence-electron chi connectivity index (χ0n) is 21.0. The Morgan fingerprint density at radius 2 is 1.94 bits per heavy atom. The van der Waals surface area contributed by atoms with Crippen molar-refractivity contribution >= 4 is 40.5 Å². The molecule has 36 heavy (non-hydrogen) atoms. The molecule has 8 nitrogen and oxygen atoms in total. The van der Waals surface area contributed by atoms with E-state index in [1.807, 2.05) is 61.2 Å². The van der Waals surface area contributed by atoms with E-state index >= 15 is 0 Å². The first-order valence-electron chi connectivity index (χ1n) is 12.4. The second kappa shape index (κ2) is 9.97. The van der Waals surface area contributed by atoms with Crippen LogP contribution < -0.4 is 19.9 Å². The van der Waals surface area contributed by atoms with Crippen LogP contribution in [0.15, 0.2) is 48.7 Å². The molecule has 1 aliphatic carbocycles. The highest BCUT2D eigenvalue weighted by molar-refractivity contribution is 5.98. The molecule has 2 aromatic carbocycles. The van der Waals surface area contributed by atoms with Gasteiger partial charge in [0.05, 0.1) is 13.3 Å². The molecule has 1 N–H and O–H groups in total. The number of ether oxygens (including phenoxy) is 1. The molecular formula is C28H31N5O3. The Morgan fingerprint density at radius 1 is 1.17 bits per heavy atom. The summed E-state index contributed by atoms with van der Waals surface area (Å²) in [5.74, 6) is 2.53. The molecule has 1 amide bonds. The van der Waals surface area contributed by atoms with Gasteiger partial charge in [0.1, 0.15) is 17.2 Å². The zero-order chi connectivity index (χ0) is 25.2. The lowest BCUT2D eigenvalue weighted by molar-refractivity contribution is -0.120. The minimum absolute atomic E-state index is 0.0472. The molecule has 5 rings (SSSR count). The summed E-state index contributed by atoms with van der Waals surface area (Å²) < 4.78 is 5.31. The molecule has 2 aliphatic rings. The van der Waals surface area contributed by atoms with Crippen LogP contribution in [0.1, 0.15) is 37.3 Å². The number of nitrogens with one attached hydrogen (secondary N) is 1. The van der Waals surface area contributed by atoms with Crippen LogP contribution in [0.2, 0.25) is 0 Å². The fourth-order valence-electron chi connectivity index (χ4n) is 4.60. The normalized spacial score (nSPS) is 15.4. The Hall–Kier alpha value is -3.94. The van der Waals surface area contributed by atoms with E-state index in [1.165, 1.54) is 0 Å². The van der Waals surface area contributed by atoms with E-state index in [9.17, 15) is 9.59 Å². The number of amides is 1. The van der Waals surface area contributed by atoms with E-state index in [0.717, 1.165) is 41.1 Å². The Bertz CT molecular complexity index is 1290. The Morgan fingerprint density at radius 3 is 2.61 bits per heavy atom. The largest absolute Gasteiger partial charge is 0.497 e. The number of anilines is 5. The highest BCUT2D eigenvalue weighted by Gasteiger charge is 2.30. The summed E-state index contributed by atoms with van der Waals surface area (Å²) >= 11 is 0. The fraction of sp³-hybridized carbons (Fsp3) is 0.357. The molecule has 0 radical (unpaired) electrons. The number of carbonyl (C=O) groups excluding carboxylic acids is 2. The summed E-state index contributed by atoms with van der Waals surface area (Å²) in [6.45, 7) is 5.02. The maximum atomic E-state index is 12.8. The van der Waals surface area contributed by atoms with E-state index in [1.54, 1.807) is 18.2 Å². The highest BCUT2D eigenvalue weighted by Crippen LogP contribution is 2.37. The Balaban J connectivity index is 1.45. The molecule has 3 aromatic rings. The maximum absolute atomic E-state index is 12.8. The summed E-state index contributed by atoms with van der Waals surface area (Å²) in [6.07, 6.45) is 4.63. The number of nitrogens with zero attached hydrogens (tertiary/aromatic N) is 4. The minimum Gasteiger partial charge on any atom is -0.497 e. The van der Waals surface area contributed by atoms with Crippen molar-refractivity contribution in [1.29, 1.82) is 0 Å². The number of carbonyl (C=O) groups is 2. The van der Waals surface area contributed by atoms with Gasteiger partial charge in [0, 0.05) is 43.2 Å². The second-order valence-corrected chi connectivity index (χ2v) is 9.32. The highest BCUT2D eigenvalue weighted by atomic mass is 16.5. The van der Waals surface area contributed by atoms with Crippen molar-refractivity contribution in [2.24, 2.45) is 5.92 Å². The molecule has 2 heterocycles. The number of hydrogen-bond donors (Lipinski definition) is 1. The lowest BCUT2D eigenvalue weighted by Gasteiger charge is -2.25. The number of hydrogen-bond acceptors (Lipinski definition) is 7. The zero-order valence-corrected chi connectivity index (χ0v) is 21.0. The second-order valence-electron chi connectivity index (χ2n) is 9.32. The van der Waals surface area contributed by atoms with Crippen LogP contribution in [-0.4, -0.2) is 41.9 Å². The Kier molecular flexibility index (Phi) is 6.59. The standard InChI is InChI=1S/C28H31N5O3/c1-4-32-24-17-29-28(30-21-8-7-20(18(2)15-21)16-25(34)19-5-6-19)31-27(24)33(14-13-26(32)35)22-9-11-23(36-3)12-10-22/h7-12,15,17,19H,4-6,13-14,16H2,1-3H3,(H,29,30,31). The first-order chi connectivity index (χ1) is 17.5. The molecular weight excluding hydrogens is 454 g/mol. The number of fused-ring (bicyclic) bond motifs is 1. The van der Waals surface area contributed by atoms with Gasteiger partial charge in [0.25, 0.3) is 0 Å². The first-order valence-corrected chi connectivity index (χ1v) is 12.4. The number of Topliss-reactive ketones (excluding diaryl/α,β-unsaturated/α-hetero) is 1. The molecule has 8 heteroatoms. The van der Waals surface area contributed by atoms with Crippen molar-refractivity contribution in [2.75, 3.05) is 35.3 Å². The van der Waals surface area contributed by atoms with Gasteiger partial charge in [-0.15, -0.1) is 0 Å². The average Bonchev–Trinajstić information content (AvgIpc) is 3.74. The van der Waals surface area contributed by atoms with Crippen LogP contribution in [0, 0.1) is 12.8 Å². The molecule has 1 fully saturated rings. The van der Waals surface area contributed by atoms with Gasteiger partial charge in [-0.25, -0.2) is 4.98 Å². The average molecular weight is 486 g/mol. The topological polar surface area (TPSA) is 87.7 Å². The van der Waals surface area contributed by atoms with E-state index < -0.39 is 0 Å². The summed E-state index contributed by atoms with van der Waals surface area (Å²) in [5, 5.41) is 3.31. The minimum atomic E-state index is 0.0472. The third kappa shape index (κ3) is 4.89. The third-order valence-corrected chi connectivity index (χ3v) is 6.84. The smallest absolute Gasteiger partial charge is 0.229 e. The van der Waals surface area contributed by atoms with Gasteiger partial charge in [-0.1, -0.05) is 6.07 Å². The number of rotatable bonds is 8. The van der Waals surface area contributed by atoms with Crippen LogP contribution in [0.5, 0.6) is 5.75 Å². The monoisotopic (exact) mass is 485 g/mol. The van der Waals surface area contributed by atoms with Crippen molar-refractivity contribution in [3.8, 4) is 5.75 Å². The van der Waals surface area contributed by atoms with Gasteiger partial charge >= 0.3 is 0 Å². The van der Waals surface area contributed by atoms with Gasteiger partial charge in [0.2, 0.25) is 11.9 Å². The number of methoxy groups -OCH3 is 1. The Labute approximate surface area is 211 Å². The number of aryl methyl sites for hydroxylation is 1. The van der Waals surface area contributed by atoms with E-state index in [4.69, 9.17) is 9.72 Å². The van der Waals surface area contributed by atoms with E-state index in [2.05, 4.69) is 10.3 Å². The molecule has 1 aliphatic heterocycles. The third-order valence-electron chi connectivity index (χ3n) is 6.84. The van der Waals surface area contributed by atoms with E-state index in [-0.39, 0.29) is 11.8 Å². The lowest BCUT2D eigenvalue weighted by atomic mass is 10.0. The van der Waals surface area contributed by atoms with Gasteiger partial charge in [-0.3, -0.25) is 9.59 Å². The van der Waals surface area contributed by atoms with Crippen molar-refractivity contribution in [3.63, 3.8) is 0 Å². The lowest BCUT2D eigenvalue weighted by Crippen LogP contribution is -2.30. The van der Waals surface area contributed by atoms with Crippen LogP contribution in [0.3, 0.4) is 0 Å². The quantitative estimate of drug-likeness (QED) is 0.483. The van der Waals surface area contributed by atoms with Gasteiger partial charge in [0.15, 0.2) is 5.82 Å². The maximum Gasteiger partial charge on any atom is 0.229 e. The van der Waals surface area contributed by atoms with Crippen molar-refractivity contribution < 1.29 is 14.3 Å². The molecule has 1 saturated carbocycles.